The van der Waals surface area contributed by atoms with Crippen LogP contribution in [0.3, 0.4) is 0 Å². The second kappa shape index (κ2) is 5.69. The van der Waals surface area contributed by atoms with Crippen molar-refractivity contribution in [1.29, 1.82) is 0 Å². The van der Waals surface area contributed by atoms with Gasteiger partial charge in [0.05, 0.1) is 6.17 Å². The van der Waals surface area contributed by atoms with Crippen molar-refractivity contribution >= 4 is 0 Å². The quantitative estimate of drug-likeness (QED) is 0.540. The molecular weight excluding hydrogens is 124 g/mol. The molecule has 0 spiro atoms. The molecule has 0 saturated carbocycles. The lowest BCUT2D eigenvalue weighted by Gasteiger charge is -2.25. The van der Waals surface area contributed by atoms with Crippen molar-refractivity contribution in [3.8, 4) is 0 Å². The van der Waals surface area contributed by atoms with Gasteiger partial charge >= 0.3 is 0 Å². The molecule has 10 heavy (non-hydrogen) atoms. The molecule has 0 radical (unpaired) electrons. The Hall–Kier alpha value is -0.0800. The van der Waals surface area contributed by atoms with E-state index in [2.05, 4.69) is 12.2 Å². The summed E-state index contributed by atoms with van der Waals surface area (Å²) in [5, 5.41) is 3.26. The van der Waals surface area contributed by atoms with Gasteiger partial charge < -0.3 is 5.73 Å². The molecule has 2 heteroatoms. The third-order valence-electron chi connectivity index (χ3n) is 1.65. The van der Waals surface area contributed by atoms with Crippen molar-refractivity contribution in [2.45, 2.75) is 52.2 Å². The van der Waals surface area contributed by atoms with E-state index in [0.29, 0.717) is 6.04 Å². The van der Waals surface area contributed by atoms with Crippen molar-refractivity contribution in [3.05, 3.63) is 0 Å². The molecule has 1 rings (SSSR count). The lowest BCUT2D eigenvalue weighted by atomic mass is 10.0. The zero-order valence-electron chi connectivity index (χ0n) is 7.35. The molecule has 1 aliphatic heterocycles. The molecule has 2 atom stereocenters. The van der Waals surface area contributed by atoms with Crippen LogP contribution in [-0.2, 0) is 0 Å². The zero-order valence-corrected chi connectivity index (χ0v) is 7.35. The fraction of sp³-hybridized carbons (Fsp3) is 1.00. The minimum atomic E-state index is 0.263. The van der Waals surface area contributed by atoms with E-state index in [-0.39, 0.29) is 6.17 Å². The van der Waals surface area contributed by atoms with Gasteiger partial charge in [-0.2, -0.15) is 0 Å². The minimum Gasteiger partial charge on any atom is -0.316 e. The van der Waals surface area contributed by atoms with E-state index in [9.17, 15) is 0 Å². The predicted molar refractivity (Wildman–Crippen MR) is 45.8 cm³/mol. The van der Waals surface area contributed by atoms with Gasteiger partial charge in [0, 0.05) is 6.04 Å². The number of hydrogen-bond donors (Lipinski definition) is 2. The highest BCUT2D eigenvalue weighted by atomic mass is 15.1. The highest BCUT2D eigenvalue weighted by Gasteiger charge is 2.12. The summed E-state index contributed by atoms with van der Waals surface area (Å²) in [5.41, 5.74) is 5.61. The summed E-state index contributed by atoms with van der Waals surface area (Å²) in [7, 11) is 0. The zero-order chi connectivity index (χ0) is 7.98. The topological polar surface area (TPSA) is 38.0 Å². The Kier molecular flexibility index (Phi) is 5.64. The molecule has 1 aliphatic rings. The van der Waals surface area contributed by atoms with Crippen molar-refractivity contribution in [3.63, 3.8) is 0 Å². The van der Waals surface area contributed by atoms with Gasteiger partial charge in [-0.1, -0.05) is 13.8 Å². The summed E-state index contributed by atoms with van der Waals surface area (Å²) in [6.45, 7) is 6.18. The molecule has 1 saturated heterocycles. The van der Waals surface area contributed by atoms with Crippen LogP contribution in [0.15, 0.2) is 0 Å². The lowest BCUT2D eigenvalue weighted by Crippen LogP contribution is -2.45. The Labute approximate surface area is 64.2 Å². The van der Waals surface area contributed by atoms with Gasteiger partial charge in [-0.05, 0) is 26.2 Å². The third-order valence-corrected chi connectivity index (χ3v) is 1.65. The number of hydrogen-bond acceptors (Lipinski definition) is 2. The van der Waals surface area contributed by atoms with Crippen LogP contribution in [0.5, 0.6) is 0 Å². The van der Waals surface area contributed by atoms with Gasteiger partial charge in [0.25, 0.3) is 0 Å². The fourth-order valence-corrected chi connectivity index (χ4v) is 1.18. The molecule has 1 heterocycles. The summed E-state index contributed by atoms with van der Waals surface area (Å²) in [5.74, 6) is 0. The predicted octanol–water partition coefficient (Wildman–Crippen LogP) is 1.46. The highest BCUT2D eigenvalue weighted by Crippen LogP contribution is 2.07. The average molecular weight is 144 g/mol. The van der Waals surface area contributed by atoms with E-state index in [0.717, 1.165) is 6.42 Å². The summed E-state index contributed by atoms with van der Waals surface area (Å²) in [6.07, 6.45) is 3.98. The van der Waals surface area contributed by atoms with Gasteiger partial charge in [0.1, 0.15) is 0 Å². The average Bonchev–Trinajstić information content (AvgIpc) is 1.91. The van der Waals surface area contributed by atoms with Gasteiger partial charge in [-0.3, -0.25) is 5.32 Å². The number of rotatable bonds is 0. The smallest absolute Gasteiger partial charge is 0.0548 e. The van der Waals surface area contributed by atoms with E-state index < -0.39 is 0 Å². The maximum atomic E-state index is 5.61. The second-order valence-corrected chi connectivity index (χ2v) is 2.61. The normalized spacial score (nSPS) is 32.4. The van der Waals surface area contributed by atoms with Crippen molar-refractivity contribution in [1.82, 2.24) is 5.32 Å². The molecule has 62 valence electrons. The lowest BCUT2D eigenvalue weighted by molar-refractivity contribution is 0.341. The van der Waals surface area contributed by atoms with Crippen molar-refractivity contribution in [2.24, 2.45) is 5.73 Å². The van der Waals surface area contributed by atoms with Gasteiger partial charge in [0.15, 0.2) is 0 Å². The van der Waals surface area contributed by atoms with Crippen LogP contribution in [-0.4, -0.2) is 12.2 Å². The van der Waals surface area contributed by atoms with Crippen LogP contribution in [0.25, 0.3) is 0 Å². The first kappa shape index (κ1) is 9.92. The number of nitrogens with two attached hydrogens (primary N) is 1. The molecule has 0 aliphatic carbocycles. The van der Waals surface area contributed by atoms with Crippen LogP contribution in [0, 0.1) is 0 Å². The maximum absolute atomic E-state index is 5.61. The molecule has 0 aromatic heterocycles. The Balaban J connectivity index is 0.000000371. The van der Waals surface area contributed by atoms with Gasteiger partial charge in [-0.25, -0.2) is 0 Å². The molecule has 1 fully saturated rings. The molecule has 0 bridgehead atoms. The molecule has 0 amide bonds. The molecule has 2 nitrogen and oxygen atoms in total. The van der Waals surface area contributed by atoms with E-state index in [1.807, 2.05) is 13.8 Å². The van der Waals surface area contributed by atoms with Crippen LogP contribution >= 0.6 is 0 Å². The molecular formula is C8H20N2. The fourth-order valence-electron chi connectivity index (χ4n) is 1.18. The van der Waals surface area contributed by atoms with Gasteiger partial charge in [0.2, 0.25) is 0 Å². The number of piperidine rings is 1. The number of nitrogens with one attached hydrogen (secondary N) is 1. The standard InChI is InChI=1S/C6H14N2.C2H6/c1-5-3-2-4-6(7)8-5;1-2/h5-6,8H,2-4,7H2,1H3;1-2H3. The Morgan fingerprint density at radius 1 is 1.30 bits per heavy atom. The van der Waals surface area contributed by atoms with Crippen LogP contribution in [0.4, 0.5) is 0 Å². The summed E-state index contributed by atoms with van der Waals surface area (Å²) < 4.78 is 0. The van der Waals surface area contributed by atoms with Crippen molar-refractivity contribution < 1.29 is 0 Å². The van der Waals surface area contributed by atoms with Crippen LogP contribution in [0.2, 0.25) is 0 Å². The monoisotopic (exact) mass is 144 g/mol. The molecule has 3 N–H and O–H groups in total. The van der Waals surface area contributed by atoms with E-state index in [1.165, 1.54) is 12.8 Å². The molecule has 0 aromatic rings. The first-order valence-corrected chi connectivity index (χ1v) is 4.30. The van der Waals surface area contributed by atoms with Crippen molar-refractivity contribution in [2.75, 3.05) is 0 Å². The largest absolute Gasteiger partial charge is 0.316 e. The first-order valence-electron chi connectivity index (χ1n) is 4.30. The Morgan fingerprint density at radius 2 is 1.90 bits per heavy atom. The minimum absolute atomic E-state index is 0.263. The van der Waals surface area contributed by atoms with Crippen LogP contribution < -0.4 is 11.1 Å². The summed E-state index contributed by atoms with van der Waals surface area (Å²) in [6, 6.07) is 0.638. The first-order chi connectivity index (χ1) is 4.79. The van der Waals surface area contributed by atoms with Crippen LogP contribution in [0.1, 0.15) is 40.0 Å². The second-order valence-electron chi connectivity index (χ2n) is 2.61. The Bertz CT molecular complexity index is 65.7. The van der Waals surface area contributed by atoms with E-state index in [4.69, 9.17) is 5.73 Å². The van der Waals surface area contributed by atoms with E-state index in [1.54, 1.807) is 0 Å². The third kappa shape index (κ3) is 3.85. The SMILES string of the molecule is CC.CC1CCCC(N)N1. The van der Waals surface area contributed by atoms with E-state index >= 15 is 0 Å². The highest BCUT2D eigenvalue weighted by molar-refractivity contribution is 4.72. The summed E-state index contributed by atoms with van der Waals surface area (Å²) in [4.78, 5) is 0. The summed E-state index contributed by atoms with van der Waals surface area (Å²) >= 11 is 0. The van der Waals surface area contributed by atoms with Gasteiger partial charge in [-0.15, -0.1) is 0 Å². The maximum Gasteiger partial charge on any atom is 0.0548 e. The molecule has 2 unspecified atom stereocenters. The Morgan fingerprint density at radius 3 is 2.20 bits per heavy atom. The molecule has 0 aromatic carbocycles.